The van der Waals surface area contributed by atoms with Crippen molar-refractivity contribution in [2.75, 3.05) is 6.61 Å². The summed E-state index contributed by atoms with van der Waals surface area (Å²) >= 11 is 0. The van der Waals surface area contributed by atoms with Crippen LogP contribution in [0.2, 0.25) is 0 Å². The smallest absolute Gasteiger partial charge is 0.269 e. The van der Waals surface area contributed by atoms with Gasteiger partial charge < -0.3 is 30.1 Å². The Labute approximate surface area is 207 Å². The van der Waals surface area contributed by atoms with Gasteiger partial charge in [0, 0.05) is 40.6 Å². The van der Waals surface area contributed by atoms with Gasteiger partial charge in [-0.25, -0.2) is 4.98 Å². The topological polar surface area (TPSA) is 162 Å². The predicted molar refractivity (Wildman–Crippen MR) is 126 cm³/mol. The number of nitrogens with zero attached hydrogens (tertiary/aromatic N) is 2. The van der Waals surface area contributed by atoms with Crippen LogP contribution in [0, 0.1) is 32.8 Å². The molecule has 1 aromatic carbocycles. The molecule has 1 aromatic heterocycles. The quantitative estimate of drug-likeness (QED) is 0.311. The lowest BCUT2D eigenvalue weighted by Crippen LogP contribution is -2.86. The van der Waals surface area contributed by atoms with Crippen molar-refractivity contribution in [3.05, 3.63) is 45.8 Å². The molecule has 10 heteroatoms. The molecule has 4 bridgehead atoms. The number of hydrogen-bond donors (Lipinski definition) is 5. The van der Waals surface area contributed by atoms with Crippen LogP contribution >= 0.6 is 0 Å². The Kier molecular flexibility index (Phi) is 4.26. The van der Waals surface area contributed by atoms with E-state index in [2.05, 4.69) is 18.8 Å². The van der Waals surface area contributed by atoms with Gasteiger partial charge in [-0.05, 0) is 49.1 Å². The van der Waals surface area contributed by atoms with Gasteiger partial charge in [0.1, 0.15) is 17.3 Å². The molecule has 5 fully saturated rings. The van der Waals surface area contributed by atoms with Crippen molar-refractivity contribution in [2.45, 2.75) is 75.0 Å². The van der Waals surface area contributed by atoms with Gasteiger partial charge >= 0.3 is 0 Å². The van der Waals surface area contributed by atoms with Crippen LogP contribution in [0.25, 0.3) is 11.4 Å². The molecule has 3 heterocycles. The van der Waals surface area contributed by atoms with Gasteiger partial charge in [0.05, 0.1) is 29.4 Å². The van der Waals surface area contributed by atoms with Gasteiger partial charge in [-0.1, -0.05) is 13.8 Å². The fraction of sp³-hybridized carbons (Fsp3) is 0.654. The van der Waals surface area contributed by atoms with Crippen LogP contribution in [0.4, 0.5) is 5.69 Å². The van der Waals surface area contributed by atoms with Crippen molar-refractivity contribution >= 4 is 5.69 Å². The maximum absolute atomic E-state index is 12.3. The number of nitro groups is 1. The summed E-state index contributed by atoms with van der Waals surface area (Å²) in [4.78, 5) is 18.8. The van der Waals surface area contributed by atoms with E-state index in [0.717, 1.165) is 6.42 Å². The number of aliphatic hydroxyl groups is 4. The number of benzene rings is 1. The minimum atomic E-state index is -2.07. The monoisotopic (exact) mass is 497 g/mol. The molecular weight excluding hydrogens is 466 g/mol. The number of nitro benzene ring substituents is 1. The van der Waals surface area contributed by atoms with E-state index >= 15 is 0 Å². The van der Waals surface area contributed by atoms with Crippen LogP contribution in [-0.4, -0.2) is 66.0 Å². The van der Waals surface area contributed by atoms with Crippen LogP contribution in [0.1, 0.15) is 56.8 Å². The van der Waals surface area contributed by atoms with E-state index < -0.39 is 45.8 Å². The van der Waals surface area contributed by atoms with Crippen molar-refractivity contribution in [1.82, 2.24) is 9.97 Å². The van der Waals surface area contributed by atoms with Gasteiger partial charge in [0.15, 0.2) is 0 Å². The minimum absolute atomic E-state index is 0.0294. The standard InChI is InChI=1S/C26H31N3O7/c1-23(2)10-9-16(30)24-11-36-26(33,21(32)18(23)24)25-15(24)8-7-14(20(25)31)17-19(25)28-22(27-17)12-3-5-13(6-4-12)29(34)35/h3-6,14-16,18,20-21,30-33H,7-11H2,1-2H3,(H,27,28)/t14-,15?,16-,18?,20+,21-,24+,25?,26-/m0/s1. The summed E-state index contributed by atoms with van der Waals surface area (Å²) in [6, 6.07) is 6.05. The fourth-order valence-electron chi connectivity index (χ4n) is 9.27. The average Bonchev–Trinajstić information content (AvgIpc) is 3.32. The highest BCUT2D eigenvalue weighted by Crippen LogP contribution is 2.76. The normalized spacial score (nSPS) is 45.6. The number of imidazole rings is 1. The molecule has 10 nitrogen and oxygen atoms in total. The number of aromatic amines is 1. The van der Waals surface area contributed by atoms with E-state index in [1.165, 1.54) is 12.1 Å². The van der Waals surface area contributed by atoms with Crippen molar-refractivity contribution in [3.63, 3.8) is 0 Å². The summed E-state index contributed by atoms with van der Waals surface area (Å²) in [5.41, 5.74) is -0.776. The number of aliphatic hydroxyl groups excluding tert-OH is 3. The molecule has 3 saturated carbocycles. The highest BCUT2D eigenvalue weighted by Gasteiger charge is 2.85. The zero-order valence-electron chi connectivity index (χ0n) is 20.2. The molecular formula is C26H31N3O7. The second-order valence-corrected chi connectivity index (χ2v) is 12.3. The van der Waals surface area contributed by atoms with Crippen LogP contribution in [-0.2, 0) is 10.2 Å². The molecule has 6 aliphatic rings. The average molecular weight is 498 g/mol. The lowest BCUT2D eigenvalue weighted by molar-refractivity contribution is -0.449. The van der Waals surface area contributed by atoms with Crippen molar-refractivity contribution in [3.8, 4) is 11.4 Å². The molecule has 2 aliphatic heterocycles. The van der Waals surface area contributed by atoms with Crippen LogP contribution in [0.5, 0.6) is 0 Å². The number of rotatable bonds is 2. The van der Waals surface area contributed by atoms with Crippen LogP contribution in [0.15, 0.2) is 24.3 Å². The third kappa shape index (κ3) is 2.26. The fourth-order valence-corrected chi connectivity index (χ4v) is 9.27. The number of hydrogen-bond acceptors (Lipinski definition) is 8. The molecule has 3 unspecified atom stereocenters. The Hall–Kier alpha value is -2.37. The second-order valence-electron chi connectivity index (χ2n) is 12.3. The summed E-state index contributed by atoms with van der Waals surface area (Å²) in [5.74, 6) is -2.66. The zero-order chi connectivity index (χ0) is 25.4. The Morgan fingerprint density at radius 1 is 1.11 bits per heavy atom. The first kappa shape index (κ1) is 22.8. The maximum Gasteiger partial charge on any atom is 0.269 e. The molecule has 2 spiro atoms. The van der Waals surface area contributed by atoms with Gasteiger partial charge in [-0.15, -0.1) is 0 Å². The van der Waals surface area contributed by atoms with Crippen LogP contribution < -0.4 is 0 Å². The van der Waals surface area contributed by atoms with E-state index in [9.17, 15) is 30.5 Å². The van der Waals surface area contributed by atoms with Gasteiger partial charge in [-0.2, -0.15) is 0 Å². The Morgan fingerprint density at radius 3 is 2.53 bits per heavy atom. The summed E-state index contributed by atoms with van der Waals surface area (Å²) in [5, 5.41) is 58.5. The molecule has 4 aliphatic carbocycles. The van der Waals surface area contributed by atoms with E-state index in [0.29, 0.717) is 42.0 Å². The molecule has 2 aromatic rings. The Bertz CT molecular complexity index is 1280. The van der Waals surface area contributed by atoms with E-state index in [1.54, 1.807) is 12.1 Å². The van der Waals surface area contributed by atoms with E-state index in [-0.39, 0.29) is 29.5 Å². The molecule has 2 saturated heterocycles. The first-order valence-corrected chi connectivity index (χ1v) is 12.8. The lowest BCUT2D eigenvalue weighted by atomic mass is 9.35. The van der Waals surface area contributed by atoms with Crippen LogP contribution in [0.3, 0.4) is 0 Å². The third-order valence-electron chi connectivity index (χ3n) is 10.6. The molecule has 192 valence electrons. The summed E-state index contributed by atoms with van der Waals surface area (Å²) < 4.78 is 6.13. The first-order chi connectivity index (χ1) is 17.0. The first-order valence-electron chi connectivity index (χ1n) is 12.8. The number of non-ortho nitro benzene ring substituents is 1. The maximum atomic E-state index is 12.3. The second kappa shape index (κ2) is 6.73. The Morgan fingerprint density at radius 2 is 1.83 bits per heavy atom. The highest BCUT2D eigenvalue weighted by molar-refractivity contribution is 5.61. The minimum Gasteiger partial charge on any atom is -0.392 e. The molecule has 8 rings (SSSR count). The molecule has 5 N–H and O–H groups in total. The summed E-state index contributed by atoms with van der Waals surface area (Å²) in [7, 11) is 0. The molecule has 0 amide bonds. The van der Waals surface area contributed by atoms with Crippen molar-refractivity contribution in [2.24, 2.45) is 22.7 Å². The largest absolute Gasteiger partial charge is 0.392 e. The molecule has 9 atom stereocenters. The number of aromatic nitrogens is 2. The zero-order valence-corrected chi connectivity index (χ0v) is 20.2. The summed E-state index contributed by atoms with van der Waals surface area (Å²) in [6.07, 6.45) is -0.491. The third-order valence-corrected chi connectivity index (χ3v) is 10.6. The van der Waals surface area contributed by atoms with E-state index in [4.69, 9.17) is 9.72 Å². The lowest BCUT2D eigenvalue weighted by Gasteiger charge is -2.75. The summed E-state index contributed by atoms with van der Waals surface area (Å²) in [6.45, 7) is 4.28. The SMILES string of the molecule is CC1(C)CC[C@H](O)[C@]23CO[C@@](O)([C@@H](O)C12)C12c4nc(-c5ccc([N+](=O)[O-])cc5)[nH]c4[C@H](CCC13)[C@H]2O. The van der Waals surface area contributed by atoms with Gasteiger partial charge in [0.2, 0.25) is 5.79 Å². The predicted octanol–water partition coefficient (Wildman–Crippen LogP) is 1.97. The van der Waals surface area contributed by atoms with Gasteiger partial charge in [0.25, 0.3) is 5.69 Å². The molecule has 0 radical (unpaired) electrons. The molecule has 36 heavy (non-hydrogen) atoms. The number of fused-ring (bicyclic) bond motifs is 4. The van der Waals surface area contributed by atoms with Crippen molar-refractivity contribution in [1.29, 1.82) is 0 Å². The number of nitrogens with one attached hydrogen (secondary N) is 1. The number of H-pyrrole nitrogens is 1. The van der Waals surface area contributed by atoms with Gasteiger partial charge in [-0.3, -0.25) is 10.1 Å². The van der Waals surface area contributed by atoms with E-state index in [1.807, 2.05) is 0 Å². The number of ether oxygens (including phenoxy) is 1. The highest BCUT2D eigenvalue weighted by atomic mass is 16.6. The van der Waals surface area contributed by atoms with Crippen molar-refractivity contribution < 1.29 is 30.1 Å². The Balaban J connectivity index is 1.43.